The Balaban J connectivity index is 1.34. The maximum atomic E-state index is 4.71. The molecule has 0 aliphatic heterocycles. The number of nitrogens with zero attached hydrogens (tertiary/aromatic N) is 1. The SMILES string of the molecule is CNc1ccc(Nc2ccc(NC3=CCC(=Nc4ccc(C)cc4)C=C3)cc2)cc1. The Morgan fingerprint density at radius 1 is 0.667 bits per heavy atom. The third-order valence-corrected chi connectivity index (χ3v) is 4.93. The Kier molecular flexibility index (Phi) is 5.95. The topological polar surface area (TPSA) is 48.4 Å². The van der Waals surface area contributed by atoms with Gasteiger partial charge in [0.25, 0.3) is 0 Å². The number of hydrogen-bond donors (Lipinski definition) is 3. The van der Waals surface area contributed by atoms with Crippen LogP contribution < -0.4 is 16.0 Å². The van der Waals surface area contributed by atoms with Crippen molar-refractivity contribution in [2.24, 2.45) is 4.99 Å². The molecule has 3 N–H and O–H groups in total. The first kappa shape index (κ1) is 19.5. The van der Waals surface area contributed by atoms with Gasteiger partial charge in [-0.2, -0.15) is 0 Å². The van der Waals surface area contributed by atoms with Crippen LogP contribution >= 0.6 is 0 Å². The third-order valence-electron chi connectivity index (χ3n) is 4.93. The summed E-state index contributed by atoms with van der Waals surface area (Å²) in [5.74, 6) is 0. The second-order valence-corrected chi connectivity index (χ2v) is 7.29. The summed E-state index contributed by atoms with van der Waals surface area (Å²) in [6.45, 7) is 2.09. The smallest absolute Gasteiger partial charge is 0.0633 e. The minimum Gasteiger partial charge on any atom is -0.388 e. The molecule has 0 atom stereocenters. The number of benzene rings is 3. The van der Waals surface area contributed by atoms with Crippen LogP contribution in [0.25, 0.3) is 0 Å². The molecule has 0 fully saturated rings. The molecule has 4 nitrogen and oxygen atoms in total. The lowest BCUT2D eigenvalue weighted by Crippen LogP contribution is -2.04. The van der Waals surface area contributed by atoms with E-state index in [2.05, 4.69) is 114 Å². The van der Waals surface area contributed by atoms with Gasteiger partial charge < -0.3 is 16.0 Å². The average Bonchev–Trinajstić information content (AvgIpc) is 2.78. The zero-order valence-corrected chi connectivity index (χ0v) is 17.3. The third kappa shape index (κ3) is 5.17. The Bertz CT molecular complexity index is 1070. The lowest BCUT2D eigenvalue weighted by atomic mass is 10.1. The number of hydrogen-bond acceptors (Lipinski definition) is 4. The van der Waals surface area contributed by atoms with Gasteiger partial charge in [-0.25, -0.2) is 0 Å². The van der Waals surface area contributed by atoms with Gasteiger partial charge in [0.2, 0.25) is 0 Å². The molecule has 1 aliphatic carbocycles. The number of aliphatic imine (C=N–C) groups is 1. The number of anilines is 4. The van der Waals surface area contributed by atoms with Crippen molar-refractivity contribution in [2.45, 2.75) is 13.3 Å². The summed E-state index contributed by atoms with van der Waals surface area (Å²) < 4.78 is 0. The summed E-state index contributed by atoms with van der Waals surface area (Å²) in [5.41, 5.74) is 8.66. The van der Waals surface area contributed by atoms with E-state index in [1.54, 1.807) is 0 Å². The van der Waals surface area contributed by atoms with Gasteiger partial charge in [0.05, 0.1) is 5.69 Å². The summed E-state index contributed by atoms with van der Waals surface area (Å²) in [4.78, 5) is 4.71. The van der Waals surface area contributed by atoms with Crippen LogP contribution in [0.4, 0.5) is 28.4 Å². The lowest BCUT2D eigenvalue weighted by molar-refractivity contribution is 1.32. The van der Waals surface area contributed by atoms with Crippen molar-refractivity contribution in [1.29, 1.82) is 0 Å². The van der Waals surface area contributed by atoms with Crippen molar-refractivity contribution >= 4 is 34.1 Å². The fourth-order valence-electron chi connectivity index (χ4n) is 3.19. The normalized spacial score (nSPS) is 14.3. The van der Waals surface area contributed by atoms with Crippen LogP contribution in [0.3, 0.4) is 0 Å². The van der Waals surface area contributed by atoms with Crippen LogP contribution in [0.2, 0.25) is 0 Å². The van der Waals surface area contributed by atoms with Crippen LogP contribution in [-0.2, 0) is 0 Å². The first-order chi connectivity index (χ1) is 14.7. The second kappa shape index (κ2) is 9.14. The molecule has 30 heavy (non-hydrogen) atoms. The van der Waals surface area contributed by atoms with Gasteiger partial charge in [0, 0.05) is 47.6 Å². The molecule has 4 heteroatoms. The molecule has 1 aliphatic rings. The highest BCUT2D eigenvalue weighted by atomic mass is 14.9. The molecule has 4 rings (SSSR count). The van der Waals surface area contributed by atoms with E-state index in [1.165, 1.54) is 5.56 Å². The standard InChI is InChI=1S/C26H26N4/c1-19-3-5-21(6-4-19)28-23-11-13-25(14-12-23)30-26-17-15-24(16-18-26)29-22-9-7-20(27-2)8-10-22/h3-11,13-18,27,29-30H,12H2,1-2H3. The maximum absolute atomic E-state index is 4.71. The van der Waals surface area contributed by atoms with Crippen LogP contribution in [0, 0.1) is 6.92 Å². The molecule has 0 unspecified atom stereocenters. The predicted octanol–water partition coefficient (Wildman–Crippen LogP) is 6.81. The van der Waals surface area contributed by atoms with Crippen LogP contribution in [-0.4, -0.2) is 12.8 Å². The van der Waals surface area contributed by atoms with E-state index in [4.69, 9.17) is 4.99 Å². The Morgan fingerprint density at radius 2 is 1.23 bits per heavy atom. The number of nitrogens with one attached hydrogen (secondary N) is 3. The molecule has 0 saturated carbocycles. The van der Waals surface area contributed by atoms with E-state index in [0.717, 1.165) is 46.3 Å². The quantitative estimate of drug-likeness (QED) is 0.430. The molecule has 3 aromatic rings. The zero-order valence-electron chi connectivity index (χ0n) is 17.3. The molecule has 0 bridgehead atoms. The molecular formula is C26H26N4. The molecule has 0 aromatic heterocycles. The molecule has 0 saturated heterocycles. The molecule has 3 aromatic carbocycles. The zero-order chi connectivity index (χ0) is 20.8. The van der Waals surface area contributed by atoms with E-state index in [0.29, 0.717) is 0 Å². The fourth-order valence-corrected chi connectivity index (χ4v) is 3.19. The number of aryl methyl sites for hydroxylation is 1. The van der Waals surface area contributed by atoms with Crippen molar-refractivity contribution in [1.82, 2.24) is 0 Å². The summed E-state index contributed by atoms with van der Waals surface area (Å²) in [6, 6.07) is 24.8. The average molecular weight is 395 g/mol. The van der Waals surface area contributed by atoms with Crippen molar-refractivity contribution in [3.8, 4) is 0 Å². The van der Waals surface area contributed by atoms with Crippen molar-refractivity contribution in [2.75, 3.05) is 23.0 Å². The monoisotopic (exact) mass is 394 g/mol. The van der Waals surface area contributed by atoms with Gasteiger partial charge in [-0.15, -0.1) is 0 Å². The predicted molar refractivity (Wildman–Crippen MR) is 129 cm³/mol. The Labute approximate surface area is 178 Å². The summed E-state index contributed by atoms with van der Waals surface area (Å²) in [7, 11) is 1.92. The second-order valence-electron chi connectivity index (χ2n) is 7.29. The molecule has 0 amide bonds. The van der Waals surface area contributed by atoms with E-state index < -0.39 is 0 Å². The van der Waals surface area contributed by atoms with E-state index >= 15 is 0 Å². The number of allylic oxidation sites excluding steroid dienone is 3. The lowest BCUT2D eigenvalue weighted by Gasteiger charge is -2.13. The fraction of sp³-hybridized carbons (Fsp3) is 0.115. The molecular weight excluding hydrogens is 368 g/mol. The van der Waals surface area contributed by atoms with Gasteiger partial charge in [0.1, 0.15) is 0 Å². The maximum Gasteiger partial charge on any atom is 0.0633 e. The van der Waals surface area contributed by atoms with E-state index in [1.807, 2.05) is 7.05 Å². The summed E-state index contributed by atoms with van der Waals surface area (Å²) in [6.07, 6.45) is 7.14. The van der Waals surface area contributed by atoms with Gasteiger partial charge in [0.15, 0.2) is 0 Å². The van der Waals surface area contributed by atoms with Crippen molar-refractivity contribution < 1.29 is 0 Å². The summed E-state index contributed by atoms with van der Waals surface area (Å²) >= 11 is 0. The van der Waals surface area contributed by atoms with Crippen LogP contribution in [0.1, 0.15) is 12.0 Å². The van der Waals surface area contributed by atoms with Gasteiger partial charge in [-0.3, -0.25) is 4.99 Å². The first-order valence-corrected chi connectivity index (χ1v) is 10.1. The highest BCUT2D eigenvalue weighted by molar-refractivity contribution is 5.99. The minimum atomic E-state index is 0.814. The number of rotatable bonds is 6. The largest absolute Gasteiger partial charge is 0.388 e. The van der Waals surface area contributed by atoms with E-state index in [9.17, 15) is 0 Å². The van der Waals surface area contributed by atoms with E-state index in [-0.39, 0.29) is 0 Å². The van der Waals surface area contributed by atoms with Crippen molar-refractivity contribution in [3.05, 3.63) is 102 Å². The minimum absolute atomic E-state index is 0.814. The highest BCUT2D eigenvalue weighted by Crippen LogP contribution is 2.22. The van der Waals surface area contributed by atoms with Gasteiger partial charge >= 0.3 is 0 Å². The van der Waals surface area contributed by atoms with Crippen molar-refractivity contribution in [3.63, 3.8) is 0 Å². The van der Waals surface area contributed by atoms with Gasteiger partial charge in [-0.1, -0.05) is 23.8 Å². The molecule has 0 heterocycles. The molecule has 150 valence electrons. The Morgan fingerprint density at radius 3 is 1.77 bits per heavy atom. The van der Waals surface area contributed by atoms with Crippen LogP contribution in [0.15, 0.2) is 102 Å². The first-order valence-electron chi connectivity index (χ1n) is 10.1. The van der Waals surface area contributed by atoms with Gasteiger partial charge in [-0.05, 0) is 79.7 Å². The highest BCUT2D eigenvalue weighted by Gasteiger charge is 2.04. The Hall–Kier alpha value is -3.79. The molecule has 0 radical (unpaired) electrons. The molecule has 0 spiro atoms. The summed E-state index contributed by atoms with van der Waals surface area (Å²) in [5, 5.41) is 10.0. The van der Waals surface area contributed by atoms with Crippen LogP contribution in [0.5, 0.6) is 0 Å².